The fraction of sp³-hybridized carbons (Fsp3) is 0.364. The highest BCUT2D eigenvalue weighted by atomic mass is 127. The van der Waals surface area contributed by atoms with E-state index in [4.69, 9.17) is 5.73 Å². The molecule has 4 N–H and O–H groups in total. The smallest absolute Gasteiger partial charge is 0.239 e. The molecule has 0 unspecified atom stereocenters. The maximum atomic E-state index is 11.3. The number of carbonyl (C=O) groups is 1. The second-order valence-corrected chi connectivity index (χ2v) is 4.68. The van der Waals surface area contributed by atoms with Gasteiger partial charge in [-0.2, -0.15) is 0 Å². The van der Waals surface area contributed by atoms with Crippen molar-refractivity contribution < 1.29 is 4.79 Å². The molecule has 88 valence electrons. The van der Waals surface area contributed by atoms with Gasteiger partial charge in [0.2, 0.25) is 5.91 Å². The van der Waals surface area contributed by atoms with Crippen molar-refractivity contribution in [3.8, 4) is 0 Å². The predicted molar refractivity (Wildman–Crippen MR) is 75.4 cm³/mol. The molecule has 0 aromatic heterocycles. The van der Waals surface area contributed by atoms with Crippen LogP contribution >= 0.6 is 22.6 Å². The molecule has 0 spiro atoms. The molecule has 5 heteroatoms. The van der Waals surface area contributed by atoms with Gasteiger partial charge in [-0.1, -0.05) is 6.92 Å². The SMILES string of the molecule is CCCNC(=O)CNc1ccc(I)cc1N. The molecular weight excluding hydrogens is 317 g/mol. The van der Waals surface area contributed by atoms with E-state index in [1.54, 1.807) is 0 Å². The number of carbonyl (C=O) groups excluding carboxylic acids is 1. The fourth-order valence-corrected chi connectivity index (χ4v) is 1.71. The number of halogens is 1. The van der Waals surface area contributed by atoms with Crippen LogP contribution in [-0.2, 0) is 4.79 Å². The Morgan fingerprint density at radius 3 is 2.88 bits per heavy atom. The summed E-state index contributed by atoms with van der Waals surface area (Å²) in [6.07, 6.45) is 0.942. The Labute approximate surface area is 109 Å². The van der Waals surface area contributed by atoms with Gasteiger partial charge in [-0.05, 0) is 47.2 Å². The van der Waals surface area contributed by atoms with Crippen molar-refractivity contribution in [1.82, 2.24) is 5.32 Å². The second kappa shape index (κ2) is 6.57. The zero-order valence-electron chi connectivity index (χ0n) is 9.22. The standard InChI is InChI=1S/C11H16IN3O/c1-2-5-14-11(16)7-15-10-4-3-8(12)6-9(10)13/h3-4,6,15H,2,5,7,13H2,1H3,(H,14,16). The van der Waals surface area contributed by atoms with Gasteiger partial charge < -0.3 is 16.4 Å². The molecular formula is C11H16IN3O. The van der Waals surface area contributed by atoms with Crippen LogP contribution < -0.4 is 16.4 Å². The number of amides is 1. The molecule has 0 radical (unpaired) electrons. The number of hydrogen-bond acceptors (Lipinski definition) is 3. The Balaban J connectivity index is 2.45. The maximum absolute atomic E-state index is 11.3. The third kappa shape index (κ3) is 4.26. The van der Waals surface area contributed by atoms with Crippen molar-refractivity contribution in [2.24, 2.45) is 0 Å². The normalized spacial score (nSPS) is 9.88. The molecule has 16 heavy (non-hydrogen) atoms. The van der Waals surface area contributed by atoms with Crippen LogP contribution in [0.25, 0.3) is 0 Å². The van der Waals surface area contributed by atoms with E-state index in [-0.39, 0.29) is 12.5 Å². The summed E-state index contributed by atoms with van der Waals surface area (Å²) in [4.78, 5) is 11.3. The molecule has 1 rings (SSSR count). The first-order valence-corrected chi connectivity index (χ1v) is 6.27. The lowest BCUT2D eigenvalue weighted by Gasteiger charge is -2.09. The van der Waals surface area contributed by atoms with Crippen LogP contribution in [0.2, 0.25) is 0 Å². The van der Waals surface area contributed by atoms with Gasteiger partial charge in [-0.25, -0.2) is 0 Å². The molecule has 0 heterocycles. The summed E-state index contributed by atoms with van der Waals surface area (Å²) in [6, 6.07) is 5.69. The molecule has 0 aliphatic heterocycles. The number of anilines is 2. The van der Waals surface area contributed by atoms with E-state index in [9.17, 15) is 4.79 Å². The summed E-state index contributed by atoms with van der Waals surface area (Å²) in [5.74, 6) is -0.0141. The highest BCUT2D eigenvalue weighted by Gasteiger charge is 2.02. The lowest BCUT2D eigenvalue weighted by molar-refractivity contribution is -0.119. The van der Waals surface area contributed by atoms with Gasteiger partial charge in [0.15, 0.2) is 0 Å². The topological polar surface area (TPSA) is 67.2 Å². The molecule has 0 bridgehead atoms. The average molecular weight is 333 g/mol. The van der Waals surface area contributed by atoms with Crippen LogP contribution in [-0.4, -0.2) is 19.0 Å². The Bertz CT molecular complexity index is 368. The molecule has 0 aliphatic carbocycles. The van der Waals surface area contributed by atoms with Gasteiger partial charge in [0.25, 0.3) is 0 Å². The number of nitrogens with one attached hydrogen (secondary N) is 2. The van der Waals surface area contributed by atoms with Crippen LogP contribution in [0.1, 0.15) is 13.3 Å². The summed E-state index contributed by atoms with van der Waals surface area (Å²) in [5, 5.41) is 5.80. The molecule has 4 nitrogen and oxygen atoms in total. The Morgan fingerprint density at radius 1 is 1.50 bits per heavy atom. The van der Waals surface area contributed by atoms with Gasteiger partial charge in [0.05, 0.1) is 17.9 Å². The number of benzene rings is 1. The Hall–Kier alpha value is -0.980. The predicted octanol–water partition coefficient (Wildman–Crippen LogP) is 1.81. The molecule has 1 amide bonds. The summed E-state index contributed by atoms with van der Waals surface area (Å²) >= 11 is 2.20. The van der Waals surface area contributed by atoms with E-state index in [1.165, 1.54) is 0 Å². The molecule has 0 fully saturated rings. The number of rotatable bonds is 5. The summed E-state index contributed by atoms with van der Waals surface area (Å²) in [5.41, 5.74) is 7.27. The van der Waals surface area contributed by atoms with E-state index >= 15 is 0 Å². The van der Waals surface area contributed by atoms with Gasteiger partial charge in [-0.15, -0.1) is 0 Å². The average Bonchev–Trinajstić information content (AvgIpc) is 2.25. The first-order chi connectivity index (χ1) is 7.63. The van der Waals surface area contributed by atoms with Crippen molar-refractivity contribution in [1.29, 1.82) is 0 Å². The number of nitrogens with two attached hydrogens (primary N) is 1. The molecule has 0 saturated carbocycles. The van der Waals surface area contributed by atoms with Crippen molar-refractivity contribution in [2.45, 2.75) is 13.3 Å². The van der Waals surface area contributed by atoms with E-state index < -0.39 is 0 Å². The van der Waals surface area contributed by atoms with Gasteiger partial charge >= 0.3 is 0 Å². The van der Waals surface area contributed by atoms with E-state index in [2.05, 4.69) is 33.2 Å². The number of nitrogen functional groups attached to an aromatic ring is 1. The van der Waals surface area contributed by atoms with Crippen LogP contribution in [0.3, 0.4) is 0 Å². The van der Waals surface area contributed by atoms with Gasteiger partial charge in [-0.3, -0.25) is 4.79 Å². The molecule has 0 atom stereocenters. The Kier molecular flexibility index (Phi) is 5.37. The minimum Gasteiger partial charge on any atom is -0.397 e. The second-order valence-electron chi connectivity index (χ2n) is 3.44. The van der Waals surface area contributed by atoms with Crippen LogP contribution in [0.4, 0.5) is 11.4 Å². The molecule has 0 saturated heterocycles. The molecule has 1 aromatic carbocycles. The minimum atomic E-state index is -0.0141. The zero-order chi connectivity index (χ0) is 12.0. The van der Waals surface area contributed by atoms with Gasteiger partial charge in [0.1, 0.15) is 0 Å². The van der Waals surface area contributed by atoms with Crippen molar-refractivity contribution in [3.05, 3.63) is 21.8 Å². The van der Waals surface area contributed by atoms with Crippen molar-refractivity contribution in [2.75, 3.05) is 24.1 Å². The van der Waals surface area contributed by atoms with E-state index in [1.807, 2.05) is 25.1 Å². The van der Waals surface area contributed by atoms with Crippen LogP contribution in [0.15, 0.2) is 18.2 Å². The minimum absolute atomic E-state index is 0.0141. The first-order valence-electron chi connectivity index (χ1n) is 5.19. The third-order valence-corrected chi connectivity index (χ3v) is 2.70. The Morgan fingerprint density at radius 2 is 2.25 bits per heavy atom. The maximum Gasteiger partial charge on any atom is 0.239 e. The monoisotopic (exact) mass is 333 g/mol. The number of hydrogen-bond donors (Lipinski definition) is 3. The zero-order valence-corrected chi connectivity index (χ0v) is 11.4. The quantitative estimate of drug-likeness (QED) is 0.569. The van der Waals surface area contributed by atoms with Crippen LogP contribution in [0, 0.1) is 3.57 Å². The van der Waals surface area contributed by atoms with E-state index in [0.29, 0.717) is 12.2 Å². The summed E-state index contributed by atoms with van der Waals surface area (Å²) < 4.78 is 1.08. The molecule has 0 aliphatic rings. The fourth-order valence-electron chi connectivity index (χ4n) is 1.20. The summed E-state index contributed by atoms with van der Waals surface area (Å²) in [6.45, 7) is 2.98. The lowest BCUT2D eigenvalue weighted by atomic mass is 10.2. The van der Waals surface area contributed by atoms with Crippen molar-refractivity contribution >= 4 is 39.9 Å². The highest BCUT2D eigenvalue weighted by molar-refractivity contribution is 14.1. The lowest BCUT2D eigenvalue weighted by Crippen LogP contribution is -2.30. The molecule has 1 aromatic rings. The summed E-state index contributed by atoms with van der Waals surface area (Å²) in [7, 11) is 0. The van der Waals surface area contributed by atoms with Crippen molar-refractivity contribution in [3.63, 3.8) is 0 Å². The largest absolute Gasteiger partial charge is 0.397 e. The van der Waals surface area contributed by atoms with Gasteiger partial charge in [0, 0.05) is 10.1 Å². The van der Waals surface area contributed by atoms with Crippen LogP contribution in [0.5, 0.6) is 0 Å². The third-order valence-electron chi connectivity index (χ3n) is 2.03. The van der Waals surface area contributed by atoms with E-state index in [0.717, 1.165) is 15.7 Å². The first kappa shape index (κ1) is 13.1. The highest BCUT2D eigenvalue weighted by Crippen LogP contribution is 2.20.